The topological polar surface area (TPSA) is 73.2 Å². The molecule has 33 heavy (non-hydrogen) atoms. The number of rotatable bonds is 9. The van der Waals surface area contributed by atoms with Crippen LogP contribution >= 0.6 is 23.4 Å². The fourth-order valence-corrected chi connectivity index (χ4v) is 4.50. The summed E-state index contributed by atoms with van der Waals surface area (Å²) in [5.74, 6) is -0.151. The van der Waals surface area contributed by atoms with Gasteiger partial charge in [-0.2, -0.15) is 0 Å². The predicted molar refractivity (Wildman–Crippen MR) is 137 cm³/mol. The van der Waals surface area contributed by atoms with Gasteiger partial charge >= 0.3 is 0 Å². The van der Waals surface area contributed by atoms with E-state index in [0.29, 0.717) is 40.7 Å². The van der Waals surface area contributed by atoms with Gasteiger partial charge in [-0.25, -0.2) is 4.98 Å². The van der Waals surface area contributed by atoms with Gasteiger partial charge in [-0.1, -0.05) is 41.1 Å². The highest BCUT2D eigenvalue weighted by atomic mass is 35.5. The Kier molecular flexibility index (Phi) is 8.57. The van der Waals surface area contributed by atoms with Crippen molar-refractivity contribution < 1.29 is 9.53 Å². The summed E-state index contributed by atoms with van der Waals surface area (Å²) >= 11 is 7.39. The molecule has 1 atom stereocenters. The third-order valence-corrected chi connectivity index (χ3v) is 6.48. The largest absolute Gasteiger partial charge is 0.379 e. The van der Waals surface area contributed by atoms with E-state index in [0.717, 1.165) is 16.8 Å². The zero-order chi connectivity index (χ0) is 24.1. The molecule has 1 unspecified atom stereocenters. The van der Waals surface area contributed by atoms with Crippen LogP contribution in [0.25, 0.3) is 10.9 Å². The zero-order valence-corrected chi connectivity index (χ0v) is 21.2. The molecular weight excluding hydrogens is 458 g/mol. The molecule has 3 aromatic rings. The quantitative estimate of drug-likeness (QED) is 0.241. The van der Waals surface area contributed by atoms with E-state index in [9.17, 15) is 9.59 Å². The Morgan fingerprint density at radius 3 is 2.64 bits per heavy atom. The minimum absolute atomic E-state index is 0.126. The Morgan fingerprint density at radius 2 is 1.94 bits per heavy atom. The molecule has 0 bridgehead atoms. The number of nitrogens with one attached hydrogen (secondary N) is 1. The summed E-state index contributed by atoms with van der Waals surface area (Å²) in [4.78, 5) is 30.8. The molecule has 0 aliphatic rings. The maximum absolute atomic E-state index is 13.2. The molecule has 0 aliphatic heterocycles. The number of thioether (sulfide) groups is 1. The third kappa shape index (κ3) is 6.59. The van der Waals surface area contributed by atoms with E-state index in [4.69, 9.17) is 16.3 Å². The number of carbonyl (C=O) groups excluding carboxylic acids is 1. The lowest BCUT2D eigenvalue weighted by molar-refractivity contribution is -0.115. The molecule has 0 aliphatic carbocycles. The molecule has 3 rings (SSSR count). The summed E-state index contributed by atoms with van der Waals surface area (Å²) in [5, 5.41) is 4.02. The highest BCUT2D eigenvalue weighted by molar-refractivity contribution is 8.00. The van der Waals surface area contributed by atoms with Crippen molar-refractivity contribution in [3.8, 4) is 0 Å². The zero-order valence-electron chi connectivity index (χ0n) is 19.6. The molecule has 1 heterocycles. The second kappa shape index (κ2) is 11.2. The number of anilines is 1. The highest BCUT2D eigenvalue weighted by Gasteiger charge is 2.20. The molecule has 0 saturated carbocycles. The van der Waals surface area contributed by atoms with Crippen molar-refractivity contribution in [3.05, 3.63) is 62.9 Å². The molecule has 0 spiro atoms. The lowest BCUT2D eigenvalue weighted by Gasteiger charge is -2.17. The van der Waals surface area contributed by atoms with Gasteiger partial charge in [0.25, 0.3) is 5.56 Å². The Bertz CT molecular complexity index is 1210. The lowest BCUT2D eigenvalue weighted by atomic mass is 10.1. The van der Waals surface area contributed by atoms with Crippen LogP contribution in [0.3, 0.4) is 0 Å². The molecule has 6 nitrogen and oxygen atoms in total. The van der Waals surface area contributed by atoms with Gasteiger partial charge in [0, 0.05) is 23.9 Å². The van der Waals surface area contributed by atoms with E-state index in [1.165, 1.54) is 11.8 Å². The van der Waals surface area contributed by atoms with E-state index < -0.39 is 5.25 Å². The number of nitrogens with zero attached hydrogens (tertiary/aromatic N) is 2. The molecule has 0 fully saturated rings. The van der Waals surface area contributed by atoms with E-state index in [2.05, 4.69) is 10.3 Å². The number of benzene rings is 2. The van der Waals surface area contributed by atoms with Crippen LogP contribution < -0.4 is 10.9 Å². The molecule has 176 valence electrons. The van der Waals surface area contributed by atoms with Crippen LogP contribution in [0, 0.1) is 13.8 Å². The predicted octanol–water partition coefficient (Wildman–Crippen LogP) is 5.60. The number of carbonyl (C=O) groups is 1. The second-order valence-electron chi connectivity index (χ2n) is 8.35. The number of aryl methyl sites for hydroxylation is 2. The maximum atomic E-state index is 13.2. The van der Waals surface area contributed by atoms with Crippen LogP contribution in [-0.4, -0.2) is 33.4 Å². The van der Waals surface area contributed by atoms with E-state index in [1.807, 2.05) is 52.8 Å². The van der Waals surface area contributed by atoms with Gasteiger partial charge in [-0.15, -0.1) is 0 Å². The Morgan fingerprint density at radius 1 is 1.18 bits per heavy atom. The Balaban J connectivity index is 1.86. The van der Waals surface area contributed by atoms with Gasteiger partial charge < -0.3 is 10.1 Å². The summed E-state index contributed by atoms with van der Waals surface area (Å²) in [7, 11) is 0. The van der Waals surface area contributed by atoms with Gasteiger partial charge in [0.2, 0.25) is 5.91 Å². The molecule has 0 saturated heterocycles. The summed E-state index contributed by atoms with van der Waals surface area (Å²) in [6, 6.07) is 10.9. The fraction of sp³-hybridized carbons (Fsp3) is 0.400. The van der Waals surface area contributed by atoms with Crippen molar-refractivity contribution in [3.63, 3.8) is 0 Å². The average molecular weight is 488 g/mol. The number of fused-ring (bicyclic) bond motifs is 1. The number of aromatic nitrogens is 2. The smallest absolute Gasteiger partial charge is 0.262 e. The maximum Gasteiger partial charge on any atom is 0.262 e. The lowest BCUT2D eigenvalue weighted by Crippen LogP contribution is -2.27. The fourth-order valence-electron chi connectivity index (χ4n) is 3.40. The van der Waals surface area contributed by atoms with Gasteiger partial charge in [-0.05, 0) is 70.9 Å². The normalized spacial score (nSPS) is 12.3. The summed E-state index contributed by atoms with van der Waals surface area (Å²) in [6.45, 7) is 10.7. The van der Waals surface area contributed by atoms with Crippen molar-refractivity contribution in [1.29, 1.82) is 0 Å². The average Bonchev–Trinajstić information content (AvgIpc) is 2.74. The standard InChI is InChI=1S/C25H30ClN3O3S/c1-15(2)32-12-6-11-29-24(31)20-9-8-19(26)14-22(20)28-25(29)33-18(5)23(30)27-21-10-7-16(3)13-17(21)4/h7-10,13-15,18H,6,11-12H2,1-5H3,(H,27,30). The molecule has 1 aromatic heterocycles. The SMILES string of the molecule is Cc1ccc(NC(=O)C(C)Sc2nc3cc(Cl)ccc3c(=O)n2CCCOC(C)C)c(C)c1. The first-order valence-electron chi connectivity index (χ1n) is 11.0. The van der Waals surface area contributed by atoms with Crippen molar-refractivity contribution in [2.45, 2.75) is 64.1 Å². The molecule has 8 heteroatoms. The third-order valence-electron chi connectivity index (χ3n) is 5.15. The number of hydrogen-bond acceptors (Lipinski definition) is 5. The highest BCUT2D eigenvalue weighted by Crippen LogP contribution is 2.26. The minimum Gasteiger partial charge on any atom is -0.379 e. The molecule has 1 amide bonds. The first kappa shape index (κ1) is 25.3. The van der Waals surface area contributed by atoms with E-state index in [-0.39, 0.29) is 17.6 Å². The number of hydrogen-bond donors (Lipinski definition) is 1. The molecule has 2 aromatic carbocycles. The first-order chi connectivity index (χ1) is 15.7. The van der Waals surface area contributed by atoms with Crippen LogP contribution in [-0.2, 0) is 16.1 Å². The summed E-state index contributed by atoms with van der Waals surface area (Å²) in [5.41, 5.74) is 3.29. The van der Waals surface area contributed by atoms with Crippen LogP contribution in [0.1, 0.15) is 38.3 Å². The molecule has 1 N–H and O–H groups in total. The first-order valence-corrected chi connectivity index (χ1v) is 12.3. The second-order valence-corrected chi connectivity index (χ2v) is 10.1. The van der Waals surface area contributed by atoms with Crippen molar-refractivity contribution in [2.75, 3.05) is 11.9 Å². The van der Waals surface area contributed by atoms with E-state index >= 15 is 0 Å². The monoisotopic (exact) mass is 487 g/mol. The summed E-state index contributed by atoms with van der Waals surface area (Å²) < 4.78 is 7.26. The summed E-state index contributed by atoms with van der Waals surface area (Å²) in [6.07, 6.45) is 0.789. The van der Waals surface area contributed by atoms with E-state index in [1.54, 1.807) is 22.8 Å². The van der Waals surface area contributed by atoms with Crippen LogP contribution in [0.15, 0.2) is 46.3 Å². The number of halogens is 1. The van der Waals surface area contributed by atoms with Crippen LogP contribution in [0.5, 0.6) is 0 Å². The van der Waals surface area contributed by atoms with Crippen LogP contribution in [0.4, 0.5) is 5.69 Å². The van der Waals surface area contributed by atoms with Crippen LogP contribution in [0.2, 0.25) is 5.02 Å². The number of ether oxygens (including phenoxy) is 1. The number of amides is 1. The van der Waals surface area contributed by atoms with Crippen molar-refractivity contribution >= 4 is 45.9 Å². The van der Waals surface area contributed by atoms with Crippen molar-refractivity contribution in [2.24, 2.45) is 0 Å². The minimum atomic E-state index is -0.465. The Hall–Kier alpha value is -2.35. The Labute approximate surface area is 203 Å². The molecule has 0 radical (unpaired) electrons. The van der Waals surface area contributed by atoms with Gasteiger partial charge in [0.1, 0.15) is 0 Å². The van der Waals surface area contributed by atoms with Gasteiger partial charge in [0.05, 0.1) is 22.3 Å². The van der Waals surface area contributed by atoms with Gasteiger partial charge in [-0.3, -0.25) is 14.2 Å². The molecular formula is C25H30ClN3O3S. The van der Waals surface area contributed by atoms with Gasteiger partial charge in [0.15, 0.2) is 5.16 Å². The van der Waals surface area contributed by atoms with Crippen molar-refractivity contribution in [1.82, 2.24) is 9.55 Å².